The number of nitrogens with zero attached hydrogens (tertiary/aromatic N) is 1. The second-order valence-corrected chi connectivity index (χ2v) is 5.92. The third kappa shape index (κ3) is 2.06. The number of anilines is 1. The fraction of sp³-hybridized carbons (Fsp3) is 0.0500. The topological polar surface area (TPSA) is 74.7 Å². The Bertz CT molecular complexity index is 1050. The number of carbonyl (C=O) groups excluding carboxylic acids is 2. The van der Waals surface area contributed by atoms with Crippen LogP contribution in [-0.2, 0) is 0 Å². The van der Waals surface area contributed by atoms with E-state index in [-0.39, 0.29) is 5.56 Å². The minimum absolute atomic E-state index is 0.0743. The number of carboxylic acids is 1. The number of aromatic carboxylic acids is 1. The van der Waals surface area contributed by atoms with Gasteiger partial charge in [-0.2, -0.15) is 0 Å². The molecule has 4 rings (SSSR count). The number of carbonyl (C=O) groups is 3. The third-order valence-electron chi connectivity index (χ3n) is 4.52. The molecule has 0 bridgehead atoms. The van der Waals surface area contributed by atoms with Gasteiger partial charge in [0.1, 0.15) is 0 Å². The van der Waals surface area contributed by atoms with Crippen molar-refractivity contribution in [2.24, 2.45) is 0 Å². The first-order valence-electron chi connectivity index (χ1n) is 7.74. The Hall–Kier alpha value is -3.47. The molecular formula is C20H13NO4. The minimum atomic E-state index is -1.10. The normalized spacial score (nSPS) is 13.4. The molecule has 122 valence electrons. The van der Waals surface area contributed by atoms with E-state index in [0.717, 1.165) is 4.90 Å². The smallest absolute Gasteiger partial charge is 0.336 e. The van der Waals surface area contributed by atoms with E-state index in [1.807, 2.05) is 0 Å². The van der Waals surface area contributed by atoms with Crippen molar-refractivity contribution in [1.82, 2.24) is 0 Å². The molecule has 2 amide bonds. The quantitative estimate of drug-likeness (QED) is 0.727. The van der Waals surface area contributed by atoms with Gasteiger partial charge in [-0.1, -0.05) is 36.4 Å². The first-order valence-corrected chi connectivity index (χ1v) is 7.74. The van der Waals surface area contributed by atoms with E-state index >= 15 is 0 Å². The molecule has 0 aliphatic carbocycles. The molecule has 1 aliphatic heterocycles. The molecule has 1 N–H and O–H groups in total. The van der Waals surface area contributed by atoms with Crippen molar-refractivity contribution >= 4 is 34.2 Å². The number of carboxylic acid groups (broad SMARTS) is 1. The SMILES string of the molecule is Cc1c(C(=O)O)cc2ccccc2c1N1C(=O)c2ccccc2C1=O. The molecule has 0 fully saturated rings. The molecule has 0 saturated heterocycles. The first-order chi connectivity index (χ1) is 12.0. The maximum absolute atomic E-state index is 12.8. The van der Waals surface area contributed by atoms with Crippen molar-refractivity contribution < 1.29 is 19.5 Å². The number of imide groups is 1. The lowest BCUT2D eigenvalue weighted by Gasteiger charge is -2.20. The van der Waals surface area contributed by atoms with Crippen molar-refractivity contribution in [2.45, 2.75) is 6.92 Å². The highest BCUT2D eigenvalue weighted by Crippen LogP contribution is 2.37. The summed E-state index contributed by atoms with van der Waals surface area (Å²) >= 11 is 0. The number of benzene rings is 3. The molecule has 0 atom stereocenters. The average Bonchev–Trinajstić information content (AvgIpc) is 2.86. The summed E-state index contributed by atoms with van der Waals surface area (Å²) in [5, 5.41) is 10.8. The summed E-state index contributed by atoms with van der Waals surface area (Å²) in [6.07, 6.45) is 0. The minimum Gasteiger partial charge on any atom is -0.478 e. The van der Waals surface area contributed by atoms with E-state index in [2.05, 4.69) is 0 Å². The molecule has 5 heteroatoms. The van der Waals surface area contributed by atoms with Crippen molar-refractivity contribution in [1.29, 1.82) is 0 Å². The maximum Gasteiger partial charge on any atom is 0.336 e. The fourth-order valence-electron chi connectivity index (χ4n) is 3.33. The van der Waals surface area contributed by atoms with E-state index in [9.17, 15) is 19.5 Å². The number of amides is 2. The Morgan fingerprint density at radius 1 is 0.920 bits per heavy atom. The highest BCUT2D eigenvalue weighted by atomic mass is 16.4. The summed E-state index contributed by atoms with van der Waals surface area (Å²) < 4.78 is 0. The largest absolute Gasteiger partial charge is 0.478 e. The molecule has 5 nitrogen and oxygen atoms in total. The van der Waals surface area contributed by atoms with E-state index in [4.69, 9.17) is 0 Å². The second-order valence-electron chi connectivity index (χ2n) is 5.92. The lowest BCUT2D eigenvalue weighted by atomic mass is 9.98. The van der Waals surface area contributed by atoms with Crippen molar-refractivity contribution in [3.8, 4) is 0 Å². The molecule has 25 heavy (non-hydrogen) atoms. The van der Waals surface area contributed by atoms with Gasteiger partial charge >= 0.3 is 5.97 Å². The third-order valence-corrected chi connectivity index (χ3v) is 4.52. The molecule has 0 aromatic heterocycles. The molecule has 1 heterocycles. The van der Waals surface area contributed by atoms with Crippen molar-refractivity contribution in [3.05, 3.63) is 76.9 Å². The first kappa shape index (κ1) is 15.1. The summed E-state index contributed by atoms with van der Waals surface area (Å²) in [4.78, 5) is 38.4. The zero-order valence-electron chi connectivity index (χ0n) is 13.3. The zero-order valence-corrected chi connectivity index (χ0v) is 13.3. The van der Waals surface area contributed by atoms with Gasteiger partial charge in [-0.25, -0.2) is 9.69 Å². The molecule has 0 radical (unpaired) electrons. The molecule has 0 spiro atoms. The van der Waals surface area contributed by atoms with Gasteiger partial charge < -0.3 is 5.11 Å². The van der Waals surface area contributed by atoms with Gasteiger partial charge in [0.25, 0.3) is 11.8 Å². The Morgan fingerprint density at radius 2 is 1.48 bits per heavy atom. The highest BCUT2D eigenvalue weighted by Gasteiger charge is 2.38. The Morgan fingerprint density at radius 3 is 2.08 bits per heavy atom. The lowest BCUT2D eigenvalue weighted by Crippen LogP contribution is -2.30. The predicted octanol–water partition coefficient (Wildman–Crippen LogP) is 3.65. The van der Waals surface area contributed by atoms with Gasteiger partial charge in [-0.3, -0.25) is 9.59 Å². The number of hydrogen-bond acceptors (Lipinski definition) is 3. The van der Waals surface area contributed by atoms with E-state index in [1.54, 1.807) is 61.5 Å². The van der Waals surface area contributed by atoms with Crippen LogP contribution in [0, 0.1) is 6.92 Å². The molecule has 0 saturated carbocycles. The number of fused-ring (bicyclic) bond motifs is 2. The summed E-state index contributed by atoms with van der Waals surface area (Å²) in [7, 11) is 0. The van der Waals surface area contributed by atoms with Crippen LogP contribution >= 0.6 is 0 Å². The standard InChI is InChI=1S/C20H13NO4/c1-11-16(20(24)25)10-12-6-2-3-7-13(12)17(11)21-18(22)14-8-4-5-9-15(14)19(21)23/h2-10H,1H3,(H,24,25). The van der Waals surface area contributed by atoms with E-state index in [0.29, 0.717) is 33.2 Å². The van der Waals surface area contributed by atoms with Crippen molar-refractivity contribution in [2.75, 3.05) is 4.90 Å². The molecular weight excluding hydrogens is 318 g/mol. The van der Waals surface area contributed by atoms with Gasteiger partial charge in [0, 0.05) is 5.39 Å². The van der Waals surface area contributed by atoms with Gasteiger partial charge in [0.2, 0.25) is 0 Å². The van der Waals surface area contributed by atoms with Crippen LogP contribution in [0.5, 0.6) is 0 Å². The van der Waals surface area contributed by atoms with Crippen LogP contribution in [0.15, 0.2) is 54.6 Å². The van der Waals surface area contributed by atoms with Gasteiger partial charge in [-0.05, 0) is 36.1 Å². The lowest BCUT2D eigenvalue weighted by molar-refractivity contribution is 0.0695. The fourth-order valence-corrected chi connectivity index (χ4v) is 3.33. The average molecular weight is 331 g/mol. The van der Waals surface area contributed by atoms with Crippen LogP contribution in [0.2, 0.25) is 0 Å². The van der Waals surface area contributed by atoms with Crippen LogP contribution in [0.1, 0.15) is 36.6 Å². The van der Waals surface area contributed by atoms with Gasteiger partial charge in [0.15, 0.2) is 0 Å². The molecule has 1 aliphatic rings. The van der Waals surface area contributed by atoms with Gasteiger partial charge in [-0.15, -0.1) is 0 Å². The Labute approximate surface area is 143 Å². The zero-order chi connectivity index (χ0) is 17.7. The number of hydrogen-bond donors (Lipinski definition) is 1. The summed E-state index contributed by atoms with van der Waals surface area (Å²) in [5.41, 5.74) is 1.46. The van der Waals surface area contributed by atoms with E-state index < -0.39 is 17.8 Å². The van der Waals surface area contributed by atoms with Crippen LogP contribution < -0.4 is 4.90 Å². The van der Waals surface area contributed by atoms with Crippen molar-refractivity contribution in [3.63, 3.8) is 0 Å². The summed E-state index contributed by atoms with van der Waals surface area (Å²) in [6, 6.07) is 15.3. The van der Waals surface area contributed by atoms with Crippen LogP contribution in [-0.4, -0.2) is 22.9 Å². The van der Waals surface area contributed by atoms with Crippen LogP contribution in [0.3, 0.4) is 0 Å². The number of rotatable bonds is 2. The highest BCUT2D eigenvalue weighted by molar-refractivity contribution is 6.36. The second kappa shape index (κ2) is 5.27. The molecule has 0 unspecified atom stereocenters. The van der Waals surface area contributed by atoms with Crippen LogP contribution in [0.25, 0.3) is 10.8 Å². The van der Waals surface area contributed by atoms with Gasteiger partial charge in [0.05, 0.1) is 22.4 Å². The Balaban J connectivity index is 2.05. The molecule has 3 aromatic rings. The Kier molecular flexibility index (Phi) is 3.18. The molecule has 3 aromatic carbocycles. The monoisotopic (exact) mass is 331 g/mol. The summed E-state index contributed by atoms with van der Waals surface area (Å²) in [6.45, 7) is 1.62. The maximum atomic E-state index is 12.8. The van der Waals surface area contributed by atoms with E-state index in [1.165, 1.54) is 0 Å². The summed E-state index contributed by atoms with van der Waals surface area (Å²) in [5.74, 6) is -1.96. The van der Waals surface area contributed by atoms with Crippen LogP contribution in [0.4, 0.5) is 5.69 Å². The predicted molar refractivity (Wildman–Crippen MR) is 93.2 cm³/mol.